The Morgan fingerprint density at radius 1 is 1.41 bits per heavy atom. The number of hydrogen-bond acceptors (Lipinski definition) is 6. The van der Waals surface area contributed by atoms with Gasteiger partial charge in [0.05, 0.1) is 18.4 Å². The summed E-state index contributed by atoms with van der Waals surface area (Å²) < 4.78 is 11.1. The lowest BCUT2D eigenvalue weighted by atomic mass is 10.1. The number of benzene rings is 1. The number of hydrogen-bond donors (Lipinski definition) is 2. The highest BCUT2D eigenvalue weighted by Gasteiger charge is 2.19. The molecule has 2 aromatic rings. The van der Waals surface area contributed by atoms with Gasteiger partial charge in [0.2, 0.25) is 0 Å². The maximum absolute atomic E-state index is 9.15. The lowest BCUT2D eigenvalue weighted by molar-refractivity contribution is 0.153. The van der Waals surface area contributed by atoms with E-state index in [-0.39, 0.29) is 6.61 Å². The fourth-order valence-corrected chi connectivity index (χ4v) is 2.09. The molecule has 1 atom stereocenters. The predicted molar refractivity (Wildman–Crippen MR) is 80.6 cm³/mol. The number of ether oxygens (including phenoxy) is 1. The summed E-state index contributed by atoms with van der Waals surface area (Å²) in [5.74, 6) is 0.966. The molecule has 1 unspecified atom stereocenters. The molecule has 0 bridgehead atoms. The average molecular weight is 322 g/mol. The number of aliphatic hydroxyl groups is 1. The maximum Gasteiger partial charge on any atom is 0.177 e. The van der Waals surface area contributed by atoms with Gasteiger partial charge in [0, 0.05) is 30.1 Å². The van der Waals surface area contributed by atoms with Crippen LogP contribution in [0.15, 0.2) is 35.0 Å². The van der Waals surface area contributed by atoms with Crippen molar-refractivity contribution in [3.8, 4) is 11.8 Å². The van der Waals surface area contributed by atoms with Crippen LogP contribution in [0.25, 0.3) is 0 Å². The van der Waals surface area contributed by atoms with Crippen LogP contribution in [0.1, 0.15) is 23.8 Å². The zero-order valence-corrected chi connectivity index (χ0v) is 12.6. The molecule has 7 heteroatoms. The number of aliphatic hydroxyl groups excluding tert-OH is 1. The van der Waals surface area contributed by atoms with E-state index in [1.54, 1.807) is 24.3 Å². The Labute approximate surface area is 133 Å². The van der Waals surface area contributed by atoms with Crippen LogP contribution in [0.4, 0.5) is 0 Å². The first-order valence-corrected chi connectivity index (χ1v) is 7.21. The third kappa shape index (κ3) is 4.46. The zero-order chi connectivity index (χ0) is 15.8. The van der Waals surface area contributed by atoms with Crippen LogP contribution in [0.5, 0.6) is 5.75 Å². The van der Waals surface area contributed by atoms with Crippen molar-refractivity contribution in [2.24, 2.45) is 0 Å². The van der Waals surface area contributed by atoms with Crippen molar-refractivity contribution in [1.82, 2.24) is 10.5 Å². The molecule has 6 nitrogen and oxygen atoms in total. The van der Waals surface area contributed by atoms with E-state index in [9.17, 15) is 0 Å². The molecule has 1 heterocycles. The van der Waals surface area contributed by atoms with Gasteiger partial charge in [-0.25, -0.2) is 0 Å². The Morgan fingerprint density at radius 3 is 2.95 bits per heavy atom. The van der Waals surface area contributed by atoms with Gasteiger partial charge in [0.25, 0.3) is 0 Å². The summed E-state index contributed by atoms with van der Waals surface area (Å²) in [6, 6.07) is 8.64. The molecule has 0 aliphatic heterocycles. The van der Waals surface area contributed by atoms with Crippen LogP contribution < -0.4 is 10.1 Å². The smallest absolute Gasteiger partial charge is 0.177 e. The van der Waals surface area contributed by atoms with E-state index in [4.69, 9.17) is 31.2 Å². The van der Waals surface area contributed by atoms with Gasteiger partial charge in [-0.2, -0.15) is 5.26 Å². The number of halogens is 1. The van der Waals surface area contributed by atoms with Crippen LogP contribution in [0.2, 0.25) is 5.02 Å². The van der Waals surface area contributed by atoms with Crippen LogP contribution in [0.3, 0.4) is 0 Å². The topological polar surface area (TPSA) is 91.3 Å². The quantitative estimate of drug-likeness (QED) is 0.725. The zero-order valence-electron chi connectivity index (χ0n) is 11.8. The second kappa shape index (κ2) is 8.39. The monoisotopic (exact) mass is 321 g/mol. The van der Waals surface area contributed by atoms with Crippen molar-refractivity contribution in [2.75, 3.05) is 19.7 Å². The summed E-state index contributed by atoms with van der Waals surface area (Å²) in [5.41, 5.74) is 0.400. The second-order valence-electron chi connectivity index (χ2n) is 4.54. The van der Waals surface area contributed by atoms with E-state index in [1.165, 1.54) is 6.20 Å². The van der Waals surface area contributed by atoms with E-state index < -0.39 is 6.10 Å². The fraction of sp³-hybridized carbons (Fsp3) is 0.333. The Balaban J connectivity index is 2.13. The van der Waals surface area contributed by atoms with Gasteiger partial charge in [-0.1, -0.05) is 16.8 Å². The first-order valence-electron chi connectivity index (χ1n) is 6.83. The molecule has 1 aromatic carbocycles. The standard InChI is InChI=1S/C15H16ClN3O3/c16-12-2-1-11(10-17)15(9-12)21-13(3-5-18-7-8-20)14-4-6-19-22-14/h1-2,4,6,9,13,18,20H,3,5,7-8H2. The highest BCUT2D eigenvalue weighted by molar-refractivity contribution is 6.30. The number of aromatic nitrogens is 1. The molecule has 0 aliphatic carbocycles. The van der Waals surface area contributed by atoms with Crippen LogP contribution in [0, 0.1) is 11.3 Å². The molecule has 0 aliphatic rings. The number of rotatable bonds is 8. The lowest BCUT2D eigenvalue weighted by Crippen LogP contribution is -2.22. The predicted octanol–water partition coefficient (Wildman–Crippen LogP) is 2.29. The van der Waals surface area contributed by atoms with Crippen molar-refractivity contribution in [2.45, 2.75) is 12.5 Å². The Bertz CT molecular complexity index is 625. The summed E-state index contributed by atoms with van der Waals surface area (Å²) in [7, 11) is 0. The summed E-state index contributed by atoms with van der Waals surface area (Å²) >= 11 is 5.96. The minimum atomic E-state index is -0.403. The van der Waals surface area contributed by atoms with Crippen molar-refractivity contribution in [3.05, 3.63) is 46.8 Å². The third-order valence-corrected chi connectivity index (χ3v) is 3.22. The molecule has 0 spiro atoms. The molecule has 0 amide bonds. The molecule has 0 saturated carbocycles. The van der Waals surface area contributed by atoms with Gasteiger partial charge in [-0.3, -0.25) is 0 Å². The molecule has 22 heavy (non-hydrogen) atoms. The first-order chi connectivity index (χ1) is 10.7. The molecule has 2 rings (SSSR count). The molecular formula is C15H16ClN3O3. The van der Waals surface area contributed by atoms with Crippen LogP contribution in [-0.2, 0) is 0 Å². The molecule has 0 fully saturated rings. The van der Waals surface area contributed by atoms with Gasteiger partial charge >= 0.3 is 0 Å². The SMILES string of the molecule is N#Cc1ccc(Cl)cc1OC(CCNCCO)c1ccno1. The van der Waals surface area contributed by atoms with Crippen molar-refractivity contribution < 1.29 is 14.4 Å². The summed E-state index contributed by atoms with van der Waals surface area (Å²) in [6.45, 7) is 1.19. The molecule has 2 N–H and O–H groups in total. The maximum atomic E-state index is 9.15. The van der Waals surface area contributed by atoms with Crippen molar-refractivity contribution in [3.63, 3.8) is 0 Å². The minimum Gasteiger partial charge on any atom is -0.481 e. The Hall–Kier alpha value is -2.07. The minimum absolute atomic E-state index is 0.0701. The van der Waals surface area contributed by atoms with E-state index in [0.29, 0.717) is 41.6 Å². The summed E-state index contributed by atoms with van der Waals surface area (Å²) in [4.78, 5) is 0. The van der Waals surface area contributed by atoms with E-state index in [0.717, 1.165) is 0 Å². The highest BCUT2D eigenvalue weighted by Crippen LogP contribution is 2.29. The summed E-state index contributed by atoms with van der Waals surface area (Å²) in [6.07, 6.45) is 1.72. The van der Waals surface area contributed by atoms with Gasteiger partial charge in [-0.05, 0) is 18.7 Å². The average Bonchev–Trinajstić information content (AvgIpc) is 3.05. The van der Waals surface area contributed by atoms with E-state index in [1.807, 2.05) is 0 Å². The van der Waals surface area contributed by atoms with Gasteiger partial charge < -0.3 is 19.7 Å². The van der Waals surface area contributed by atoms with Gasteiger partial charge in [-0.15, -0.1) is 0 Å². The molecule has 0 saturated heterocycles. The van der Waals surface area contributed by atoms with E-state index in [2.05, 4.69) is 16.5 Å². The summed E-state index contributed by atoms with van der Waals surface area (Å²) in [5, 5.41) is 25.2. The van der Waals surface area contributed by atoms with Crippen LogP contribution in [-0.4, -0.2) is 30.0 Å². The molecule has 116 valence electrons. The Kier molecular flexibility index (Phi) is 6.22. The van der Waals surface area contributed by atoms with Crippen LogP contribution >= 0.6 is 11.6 Å². The molecular weight excluding hydrogens is 306 g/mol. The fourth-order valence-electron chi connectivity index (χ4n) is 1.93. The highest BCUT2D eigenvalue weighted by atomic mass is 35.5. The van der Waals surface area contributed by atoms with E-state index >= 15 is 0 Å². The third-order valence-electron chi connectivity index (χ3n) is 2.98. The Morgan fingerprint density at radius 2 is 2.27 bits per heavy atom. The molecule has 0 radical (unpaired) electrons. The van der Waals surface area contributed by atoms with Gasteiger partial charge in [0.1, 0.15) is 11.8 Å². The van der Waals surface area contributed by atoms with Crippen molar-refractivity contribution in [1.29, 1.82) is 5.26 Å². The lowest BCUT2D eigenvalue weighted by Gasteiger charge is -2.18. The largest absolute Gasteiger partial charge is 0.481 e. The number of nitriles is 1. The normalized spacial score (nSPS) is 11.9. The van der Waals surface area contributed by atoms with Crippen molar-refractivity contribution >= 4 is 11.6 Å². The number of nitrogens with one attached hydrogen (secondary N) is 1. The second-order valence-corrected chi connectivity index (χ2v) is 4.97. The first kappa shape index (κ1) is 16.3. The molecule has 1 aromatic heterocycles. The van der Waals surface area contributed by atoms with Gasteiger partial charge in [0.15, 0.2) is 11.9 Å². The number of nitrogens with zero attached hydrogens (tertiary/aromatic N) is 2.